The minimum Gasteiger partial charge on any atom is -0.493 e. The number of nitrogens with zero attached hydrogens (tertiary/aromatic N) is 2. The predicted octanol–water partition coefficient (Wildman–Crippen LogP) is 2.63. The Morgan fingerprint density at radius 1 is 1.37 bits per heavy atom. The lowest BCUT2D eigenvalue weighted by molar-refractivity contribution is -0.385. The van der Waals surface area contributed by atoms with Crippen molar-refractivity contribution < 1.29 is 23.6 Å². The minimum atomic E-state index is -0.622. The number of benzene rings is 1. The standard InChI is InChI=1S/C18H23N3O6/c1-5-26-17-9-12(13(21(23)24)10-16(17)25-4)18(22)19-11-14(20(2)3)15-7-6-8-27-15/h6-10,14H,5,11H2,1-4H3,(H,19,22). The average Bonchev–Trinajstić information content (AvgIpc) is 3.15. The number of furan rings is 1. The number of likely N-dealkylation sites (N-methyl/N-ethyl adjacent to an activating group) is 1. The number of nitro benzene ring substituents is 1. The van der Waals surface area contributed by atoms with E-state index in [1.807, 2.05) is 19.0 Å². The van der Waals surface area contributed by atoms with Crippen LogP contribution in [0.3, 0.4) is 0 Å². The summed E-state index contributed by atoms with van der Waals surface area (Å²) < 4.78 is 15.9. The van der Waals surface area contributed by atoms with Gasteiger partial charge in [-0.05, 0) is 33.2 Å². The molecule has 0 saturated carbocycles. The molecule has 0 aliphatic rings. The number of amides is 1. The van der Waals surface area contributed by atoms with Gasteiger partial charge in [0.1, 0.15) is 11.3 Å². The number of carbonyl (C=O) groups is 1. The normalized spacial score (nSPS) is 11.9. The fourth-order valence-corrected chi connectivity index (χ4v) is 2.61. The number of nitro groups is 1. The molecule has 0 aliphatic carbocycles. The zero-order valence-electron chi connectivity index (χ0n) is 15.7. The van der Waals surface area contributed by atoms with Crippen molar-refractivity contribution in [2.24, 2.45) is 0 Å². The number of hydrogen-bond donors (Lipinski definition) is 1. The van der Waals surface area contributed by atoms with Crippen LogP contribution in [0.5, 0.6) is 11.5 Å². The lowest BCUT2D eigenvalue weighted by Crippen LogP contribution is -2.34. The maximum Gasteiger partial charge on any atom is 0.286 e. The summed E-state index contributed by atoms with van der Waals surface area (Å²) in [5.74, 6) is 0.566. The Morgan fingerprint density at radius 2 is 2.11 bits per heavy atom. The van der Waals surface area contributed by atoms with Gasteiger partial charge in [0.2, 0.25) is 0 Å². The molecule has 9 heteroatoms. The maximum absolute atomic E-state index is 12.7. The molecule has 2 aromatic rings. The summed E-state index contributed by atoms with van der Waals surface area (Å²) in [5.41, 5.74) is -0.451. The van der Waals surface area contributed by atoms with Gasteiger partial charge >= 0.3 is 0 Å². The quantitative estimate of drug-likeness (QED) is 0.529. The van der Waals surface area contributed by atoms with Crippen LogP contribution < -0.4 is 14.8 Å². The van der Waals surface area contributed by atoms with Gasteiger partial charge < -0.3 is 19.2 Å². The van der Waals surface area contributed by atoms with Crippen molar-refractivity contribution in [2.45, 2.75) is 13.0 Å². The smallest absolute Gasteiger partial charge is 0.286 e. The monoisotopic (exact) mass is 377 g/mol. The van der Waals surface area contributed by atoms with E-state index in [-0.39, 0.29) is 35.3 Å². The summed E-state index contributed by atoms with van der Waals surface area (Å²) in [4.78, 5) is 25.3. The highest BCUT2D eigenvalue weighted by molar-refractivity contribution is 5.99. The zero-order chi connectivity index (χ0) is 20.0. The van der Waals surface area contributed by atoms with Gasteiger partial charge in [-0.1, -0.05) is 0 Å². The van der Waals surface area contributed by atoms with Crippen molar-refractivity contribution in [3.8, 4) is 11.5 Å². The highest BCUT2D eigenvalue weighted by Crippen LogP contribution is 2.34. The van der Waals surface area contributed by atoms with E-state index in [2.05, 4.69) is 5.32 Å². The van der Waals surface area contributed by atoms with Gasteiger partial charge in [-0.2, -0.15) is 0 Å². The molecule has 2 rings (SSSR count). The van der Waals surface area contributed by atoms with E-state index >= 15 is 0 Å². The molecular formula is C18H23N3O6. The maximum atomic E-state index is 12.7. The Hall–Kier alpha value is -3.07. The zero-order valence-corrected chi connectivity index (χ0v) is 15.7. The number of hydrogen-bond acceptors (Lipinski definition) is 7. The third-order valence-electron chi connectivity index (χ3n) is 3.97. The average molecular weight is 377 g/mol. The summed E-state index contributed by atoms with van der Waals surface area (Å²) in [5, 5.41) is 14.1. The molecule has 9 nitrogen and oxygen atoms in total. The Morgan fingerprint density at radius 3 is 2.63 bits per heavy atom. The summed E-state index contributed by atoms with van der Waals surface area (Å²) in [6, 6.07) is 5.87. The molecule has 0 radical (unpaired) electrons. The number of methoxy groups -OCH3 is 1. The molecular weight excluding hydrogens is 354 g/mol. The molecule has 1 atom stereocenters. The van der Waals surface area contributed by atoms with Crippen LogP contribution in [0.25, 0.3) is 0 Å². The van der Waals surface area contributed by atoms with Crippen LogP contribution in [0, 0.1) is 10.1 Å². The van der Waals surface area contributed by atoms with Crippen LogP contribution in [0.1, 0.15) is 29.1 Å². The Bertz CT molecular complexity index is 789. The van der Waals surface area contributed by atoms with E-state index < -0.39 is 10.8 Å². The molecule has 1 aromatic carbocycles. The summed E-state index contributed by atoms with van der Waals surface area (Å²) in [7, 11) is 5.08. The van der Waals surface area contributed by atoms with Crippen LogP contribution in [0.15, 0.2) is 34.9 Å². The van der Waals surface area contributed by atoms with Crippen molar-refractivity contribution in [1.29, 1.82) is 0 Å². The van der Waals surface area contributed by atoms with Crippen molar-refractivity contribution >= 4 is 11.6 Å². The van der Waals surface area contributed by atoms with E-state index in [4.69, 9.17) is 13.9 Å². The minimum absolute atomic E-state index is 0.0961. The first-order chi connectivity index (χ1) is 12.9. The van der Waals surface area contributed by atoms with Gasteiger partial charge in [0.05, 0.1) is 37.0 Å². The molecule has 0 aliphatic heterocycles. The molecule has 1 N–H and O–H groups in total. The fourth-order valence-electron chi connectivity index (χ4n) is 2.61. The van der Waals surface area contributed by atoms with Crippen molar-refractivity contribution in [3.63, 3.8) is 0 Å². The second-order valence-corrected chi connectivity index (χ2v) is 5.92. The molecule has 1 aromatic heterocycles. The summed E-state index contributed by atoms with van der Waals surface area (Å²) in [6.07, 6.45) is 1.55. The molecule has 0 spiro atoms. The fraction of sp³-hybridized carbons (Fsp3) is 0.389. The number of ether oxygens (including phenoxy) is 2. The number of nitrogens with one attached hydrogen (secondary N) is 1. The first kappa shape index (κ1) is 20.2. The highest BCUT2D eigenvalue weighted by Gasteiger charge is 2.26. The van der Waals surface area contributed by atoms with Crippen LogP contribution >= 0.6 is 0 Å². The van der Waals surface area contributed by atoms with E-state index in [9.17, 15) is 14.9 Å². The Labute approximate surface area is 157 Å². The molecule has 27 heavy (non-hydrogen) atoms. The van der Waals surface area contributed by atoms with E-state index in [0.717, 1.165) is 0 Å². The van der Waals surface area contributed by atoms with E-state index in [1.54, 1.807) is 25.3 Å². The molecule has 0 bridgehead atoms. The third kappa shape index (κ3) is 4.76. The molecule has 0 saturated heterocycles. The first-order valence-electron chi connectivity index (χ1n) is 8.36. The molecule has 1 unspecified atom stereocenters. The van der Waals surface area contributed by atoms with Crippen molar-refractivity contribution in [1.82, 2.24) is 10.2 Å². The molecule has 1 amide bonds. The van der Waals surface area contributed by atoms with E-state index in [0.29, 0.717) is 12.4 Å². The molecule has 146 valence electrons. The lowest BCUT2D eigenvalue weighted by Gasteiger charge is -2.22. The van der Waals surface area contributed by atoms with Crippen LogP contribution in [0.4, 0.5) is 5.69 Å². The molecule has 1 heterocycles. The van der Waals surface area contributed by atoms with Crippen LogP contribution in [-0.4, -0.2) is 50.1 Å². The van der Waals surface area contributed by atoms with E-state index in [1.165, 1.54) is 19.2 Å². The third-order valence-corrected chi connectivity index (χ3v) is 3.97. The summed E-state index contributed by atoms with van der Waals surface area (Å²) >= 11 is 0. The number of rotatable bonds is 9. The molecule has 0 fully saturated rings. The Kier molecular flexibility index (Phi) is 6.78. The topological polar surface area (TPSA) is 107 Å². The number of carbonyl (C=O) groups excluding carboxylic acids is 1. The SMILES string of the molecule is CCOc1cc(C(=O)NCC(c2ccco2)N(C)C)c([N+](=O)[O-])cc1OC. The second kappa shape index (κ2) is 9.04. The van der Waals surface area contributed by atoms with Gasteiger partial charge in [0.15, 0.2) is 11.5 Å². The predicted molar refractivity (Wildman–Crippen MR) is 98.3 cm³/mol. The van der Waals surface area contributed by atoms with Gasteiger partial charge in [-0.15, -0.1) is 0 Å². The van der Waals surface area contributed by atoms with Crippen LogP contribution in [-0.2, 0) is 0 Å². The lowest BCUT2D eigenvalue weighted by atomic mass is 10.1. The van der Waals surface area contributed by atoms with Crippen LogP contribution in [0.2, 0.25) is 0 Å². The highest BCUT2D eigenvalue weighted by atomic mass is 16.6. The largest absolute Gasteiger partial charge is 0.493 e. The van der Waals surface area contributed by atoms with Gasteiger partial charge in [-0.3, -0.25) is 19.8 Å². The van der Waals surface area contributed by atoms with Gasteiger partial charge in [-0.25, -0.2) is 0 Å². The Balaban J connectivity index is 2.28. The summed E-state index contributed by atoms with van der Waals surface area (Å²) in [6.45, 7) is 2.31. The second-order valence-electron chi connectivity index (χ2n) is 5.92. The van der Waals surface area contributed by atoms with Crippen molar-refractivity contribution in [2.75, 3.05) is 34.4 Å². The van der Waals surface area contributed by atoms with Gasteiger partial charge in [0.25, 0.3) is 11.6 Å². The van der Waals surface area contributed by atoms with Crippen molar-refractivity contribution in [3.05, 3.63) is 52.0 Å². The van der Waals surface area contributed by atoms with Gasteiger partial charge in [0, 0.05) is 12.6 Å². The first-order valence-corrected chi connectivity index (χ1v) is 8.36.